The summed E-state index contributed by atoms with van der Waals surface area (Å²) < 4.78 is 24.9. The molecule has 3 aromatic rings. The third kappa shape index (κ3) is 3.43. The van der Waals surface area contributed by atoms with E-state index in [0.29, 0.717) is 22.4 Å². The lowest BCUT2D eigenvalue weighted by Crippen LogP contribution is -2.23. The van der Waals surface area contributed by atoms with Gasteiger partial charge < -0.3 is 0 Å². The van der Waals surface area contributed by atoms with Gasteiger partial charge in [0.05, 0.1) is 27.2 Å². The van der Waals surface area contributed by atoms with E-state index < -0.39 is 9.84 Å². The molecule has 0 saturated carbocycles. The number of sulfone groups is 1. The lowest BCUT2D eigenvalue weighted by Gasteiger charge is -2.13. The van der Waals surface area contributed by atoms with Gasteiger partial charge in [0.25, 0.3) is 5.56 Å². The lowest BCUT2D eigenvalue weighted by molar-refractivity contribution is 0.602. The highest BCUT2D eigenvalue weighted by Crippen LogP contribution is 2.19. The minimum atomic E-state index is -3.41. The van der Waals surface area contributed by atoms with Crippen LogP contribution in [0.4, 0.5) is 0 Å². The van der Waals surface area contributed by atoms with Crippen molar-refractivity contribution in [1.82, 2.24) is 9.55 Å². The van der Waals surface area contributed by atoms with Crippen LogP contribution in [0.25, 0.3) is 16.6 Å². The molecule has 0 unspecified atom stereocenters. The van der Waals surface area contributed by atoms with Gasteiger partial charge in [-0.1, -0.05) is 18.2 Å². The number of thioether (sulfide) groups is 1. The molecule has 0 radical (unpaired) electrons. The van der Waals surface area contributed by atoms with Gasteiger partial charge in [-0.05, 0) is 42.1 Å². The Morgan fingerprint density at radius 3 is 2.56 bits per heavy atom. The lowest BCUT2D eigenvalue weighted by atomic mass is 10.2. The summed E-state index contributed by atoms with van der Waals surface area (Å²) in [6.07, 6.45) is 1.10. The first-order chi connectivity index (χ1) is 11.9. The molecule has 0 amide bonds. The number of benzene rings is 2. The molecular formula is C17H13N3O3S2. The maximum Gasteiger partial charge on any atom is 0.265 e. The summed E-state index contributed by atoms with van der Waals surface area (Å²) in [7, 11) is -3.41. The van der Waals surface area contributed by atoms with Crippen molar-refractivity contribution in [2.75, 3.05) is 6.26 Å². The van der Waals surface area contributed by atoms with Gasteiger partial charge in [-0.3, -0.25) is 9.36 Å². The summed E-state index contributed by atoms with van der Waals surface area (Å²) in [4.78, 5) is 17.5. The topological polar surface area (TPSA) is 92.8 Å². The van der Waals surface area contributed by atoms with Crippen molar-refractivity contribution in [3.05, 3.63) is 64.7 Å². The third-order valence-electron chi connectivity index (χ3n) is 3.62. The monoisotopic (exact) mass is 371 g/mol. The van der Waals surface area contributed by atoms with Crippen LogP contribution in [0, 0.1) is 10.7 Å². The molecule has 126 valence electrons. The SMILES string of the molecule is CS(=O)(=O)c1ccc2c(=O)n(-c3ccccc3)c(CSC#N)nc2c1. The molecule has 2 aromatic carbocycles. The van der Waals surface area contributed by atoms with E-state index in [1.54, 1.807) is 24.3 Å². The van der Waals surface area contributed by atoms with Crippen LogP contribution in [0.1, 0.15) is 5.82 Å². The summed E-state index contributed by atoms with van der Waals surface area (Å²) in [5, 5.41) is 11.1. The average Bonchev–Trinajstić information content (AvgIpc) is 2.59. The molecule has 1 aromatic heterocycles. The Morgan fingerprint density at radius 1 is 1.20 bits per heavy atom. The summed E-state index contributed by atoms with van der Waals surface area (Å²) >= 11 is 0.962. The number of nitriles is 1. The minimum absolute atomic E-state index is 0.100. The van der Waals surface area contributed by atoms with Crippen LogP contribution in [0.5, 0.6) is 0 Å². The van der Waals surface area contributed by atoms with Crippen molar-refractivity contribution in [3.63, 3.8) is 0 Å². The fourth-order valence-electron chi connectivity index (χ4n) is 2.48. The molecule has 1 heterocycles. The number of fused-ring (bicyclic) bond motifs is 1. The molecule has 0 fully saturated rings. The van der Waals surface area contributed by atoms with Crippen LogP contribution < -0.4 is 5.56 Å². The molecule has 0 spiro atoms. The van der Waals surface area contributed by atoms with E-state index in [9.17, 15) is 13.2 Å². The predicted octanol–water partition coefficient (Wildman–Crippen LogP) is 2.50. The first-order valence-corrected chi connectivity index (χ1v) is 10.1. The van der Waals surface area contributed by atoms with Crippen LogP contribution in [-0.4, -0.2) is 24.2 Å². The molecule has 25 heavy (non-hydrogen) atoms. The van der Waals surface area contributed by atoms with E-state index in [1.807, 2.05) is 11.5 Å². The molecule has 0 bridgehead atoms. The van der Waals surface area contributed by atoms with E-state index in [1.165, 1.54) is 22.8 Å². The first kappa shape index (κ1) is 17.2. The van der Waals surface area contributed by atoms with Crippen LogP contribution >= 0.6 is 11.8 Å². The molecule has 6 nitrogen and oxygen atoms in total. The van der Waals surface area contributed by atoms with Gasteiger partial charge in [0.15, 0.2) is 9.84 Å². The highest BCUT2D eigenvalue weighted by molar-refractivity contribution is 8.02. The highest BCUT2D eigenvalue weighted by atomic mass is 32.2. The molecule has 8 heteroatoms. The molecule has 0 saturated heterocycles. The molecule has 0 N–H and O–H groups in total. The van der Waals surface area contributed by atoms with Crippen molar-refractivity contribution in [2.45, 2.75) is 10.6 Å². The van der Waals surface area contributed by atoms with Crippen LogP contribution in [0.15, 0.2) is 58.2 Å². The van der Waals surface area contributed by atoms with E-state index in [-0.39, 0.29) is 16.2 Å². The number of rotatable bonds is 4. The quantitative estimate of drug-likeness (QED) is 0.654. The number of nitrogens with zero attached hydrogens (tertiary/aromatic N) is 3. The van der Waals surface area contributed by atoms with E-state index in [2.05, 4.69) is 4.98 Å². The Balaban J connectivity index is 2.33. The molecular weight excluding hydrogens is 358 g/mol. The van der Waals surface area contributed by atoms with Gasteiger partial charge in [0, 0.05) is 6.26 Å². The van der Waals surface area contributed by atoms with E-state index in [4.69, 9.17) is 5.26 Å². The zero-order chi connectivity index (χ0) is 18.0. The van der Waals surface area contributed by atoms with Crippen LogP contribution in [0.3, 0.4) is 0 Å². The number of para-hydroxylation sites is 1. The van der Waals surface area contributed by atoms with Gasteiger partial charge in [0.2, 0.25) is 0 Å². The third-order valence-corrected chi connectivity index (χ3v) is 5.26. The maximum atomic E-state index is 13.0. The maximum absolute atomic E-state index is 13.0. The van der Waals surface area contributed by atoms with Crippen molar-refractivity contribution in [3.8, 4) is 11.1 Å². The Bertz CT molecular complexity index is 1150. The molecule has 3 rings (SSSR count). The summed E-state index contributed by atoms with van der Waals surface area (Å²) in [5.74, 6) is 0.598. The fraction of sp³-hybridized carbons (Fsp3) is 0.118. The van der Waals surface area contributed by atoms with Crippen molar-refractivity contribution in [2.24, 2.45) is 0 Å². The standard InChI is InChI=1S/C17H13N3O3S2/c1-25(22,23)13-7-8-14-15(9-13)19-16(10-24-11-18)20(17(14)21)12-5-3-2-4-6-12/h2-9H,10H2,1H3. The summed E-state index contributed by atoms with van der Waals surface area (Å²) in [6.45, 7) is 0. The largest absolute Gasteiger partial charge is 0.268 e. The van der Waals surface area contributed by atoms with Gasteiger partial charge in [-0.15, -0.1) is 0 Å². The summed E-state index contributed by atoms with van der Waals surface area (Å²) in [5.41, 5.74) is 0.640. The fourth-order valence-corrected chi connectivity index (χ4v) is 3.51. The first-order valence-electron chi connectivity index (χ1n) is 7.24. The molecule has 0 aliphatic heterocycles. The van der Waals surface area contributed by atoms with Crippen molar-refractivity contribution < 1.29 is 8.42 Å². The van der Waals surface area contributed by atoms with Crippen LogP contribution in [-0.2, 0) is 15.6 Å². The van der Waals surface area contributed by atoms with Crippen molar-refractivity contribution in [1.29, 1.82) is 5.26 Å². The van der Waals surface area contributed by atoms with Gasteiger partial charge in [0.1, 0.15) is 11.2 Å². The van der Waals surface area contributed by atoms with Gasteiger partial charge in [-0.25, -0.2) is 13.4 Å². The Labute approximate surface area is 148 Å². The number of aromatic nitrogens is 2. The second-order valence-electron chi connectivity index (χ2n) is 5.34. The van der Waals surface area contributed by atoms with E-state index in [0.717, 1.165) is 18.0 Å². The number of hydrogen-bond acceptors (Lipinski definition) is 6. The zero-order valence-electron chi connectivity index (χ0n) is 13.2. The van der Waals surface area contributed by atoms with E-state index >= 15 is 0 Å². The second-order valence-corrected chi connectivity index (χ2v) is 8.11. The predicted molar refractivity (Wildman–Crippen MR) is 97.4 cm³/mol. The average molecular weight is 371 g/mol. The molecule has 0 atom stereocenters. The molecule has 0 aliphatic rings. The van der Waals surface area contributed by atoms with Gasteiger partial charge in [-0.2, -0.15) is 5.26 Å². The second kappa shape index (κ2) is 6.70. The van der Waals surface area contributed by atoms with Crippen LogP contribution in [0.2, 0.25) is 0 Å². The molecule has 0 aliphatic carbocycles. The summed E-state index contributed by atoms with van der Waals surface area (Å²) in [6, 6.07) is 13.3. The number of thiocyanates is 1. The Kier molecular flexibility index (Phi) is 4.61. The minimum Gasteiger partial charge on any atom is -0.268 e. The smallest absolute Gasteiger partial charge is 0.265 e. The Hall–Kier alpha value is -2.63. The normalized spacial score (nSPS) is 11.4. The highest BCUT2D eigenvalue weighted by Gasteiger charge is 2.15. The van der Waals surface area contributed by atoms with Crippen molar-refractivity contribution >= 4 is 32.5 Å². The Morgan fingerprint density at radius 2 is 1.92 bits per heavy atom. The van der Waals surface area contributed by atoms with Gasteiger partial charge >= 0.3 is 0 Å². The number of hydrogen-bond donors (Lipinski definition) is 0. The zero-order valence-corrected chi connectivity index (χ0v) is 14.8.